The first-order chi connectivity index (χ1) is 14.1. The van der Waals surface area contributed by atoms with E-state index in [0.29, 0.717) is 29.3 Å². The zero-order valence-electron chi connectivity index (χ0n) is 16.3. The molecule has 0 aliphatic rings. The molecule has 0 saturated carbocycles. The molecule has 1 heterocycles. The molecule has 0 aliphatic heterocycles. The molecule has 6 nitrogen and oxygen atoms in total. The third kappa shape index (κ3) is 5.65. The number of nitrogens with one attached hydrogen (secondary N) is 1. The van der Waals surface area contributed by atoms with Gasteiger partial charge in [0.25, 0.3) is 5.91 Å². The van der Waals surface area contributed by atoms with Crippen molar-refractivity contribution in [3.63, 3.8) is 0 Å². The van der Waals surface area contributed by atoms with Crippen LogP contribution in [-0.4, -0.2) is 23.5 Å². The van der Waals surface area contributed by atoms with Crippen LogP contribution in [-0.2, 0) is 20.7 Å². The largest absolute Gasteiger partial charge is 0.492 e. The standard InChI is InChI=1S/C22H22N2O4S/c1-3-27-19-12-8-7-11-18(19)24-22(26)21(16-9-5-4-6-10-16)28-20(25)13-17-14-29-15(2)23-17/h4-12,14,21H,3,13H2,1-2H3,(H,24,26). The molecule has 29 heavy (non-hydrogen) atoms. The fourth-order valence-electron chi connectivity index (χ4n) is 2.76. The molecule has 3 aromatic rings. The number of hydrogen-bond acceptors (Lipinski definition) is 6. The summed E-state index contributed by atoms with van der Waals surface area (Å²) in [5, 5.41) is 5.50. The highest BCUT2D eigenvalue weighted by Gasteiger charge is 2.26. The molecule has 0 bridgehead atoms. The Balaban J connectivity index is 1.78. The van der Waals surface area contributed by atoms with E-state index in [4.69, 9.17) is 9.47 Å². The van der Waals surface area contributed by atoms with Crippen LogP contribution in [0.1, 0.15) is 29.3 Å². The number of aromatic nitrogens is 1. The fraction of sp³-hybridized carbons (Fsp3) is 0.227. The van der Waals surface area contributed by atoms with Gasteiger partial charge in [0.05, 0.1) is 29.4 Å². The maximum atomic E-state index is 13.0. The zero-order valence-corrected chi connectivity index (χ0v) is 17.1. The Bertz CT molecular complexity index is 972. The third-order valence-corrected chi connectivity index (χ3v) is 4.85. The molecule has 0 radical (unpaired) electrons. The third-order valence-electron chi connectivity index (χ3n) is 4.03. The van der Waals surface area contributed by atoms with Gasteiger partial charge in [0.1, 0.15) is 5.75 Å². The summed E-state index contributed by atoms with van der Waals surface area (Å²) in [5.74, 6) is -0.414. The van der Waals surface area contributed by atoms with Crippen LogP contribution < -0.4 is 10.1 Å². The highest BCUT2D eigenvalue weighted by molar-refractivity contribution is 7.09. The van der Waals surface area contributed by atoms with E-state index < -0.39 is 18.0 Å². The number of thiazole rings is 1. The molecule has 1 N–H and O–H groups in total. The summed E-state index contributed by atoms with van der Waals surface area (Å²) in [5.41, 5.74) is 1.74. The first-order valence-electron chi connectivity index (χ1n) is 9.25. The van der Waals surface area contributed by atoms with E-state index in [0.717, 1.165) is 5.01 Å². The average molecular weight is 410 g/mol. The lowest BCUT2D eigenvalue weighted by atomic mass is 10.1. The maximum absolute atomic E-state index is 13.0. The van der Waals surface area contributed by atoms with Crippen LogP contribution in [0.3, 0.4) is 0 Å². The molecule has 3 rings (SSSR count). The first-order valence-corrected chi connectivity index (χ1v) is 10.1. The zero-order chi connectivity index (χ0) is 20.6. The van der Waals surface area contributed by atoms with Crippen molar-refractivity contribution in [1.29, 1.82) is 0 Å². The number of aryl methyl sites for hydroxylation is 1. The average Bonchev–Trinajstić information content (AvgIpc) is 3.13. The van der Waals surface area contributed by atoms with Crippen molar-refractivity contribution in [3.05, 3.63) is 76.2 Å². The summed E-state index contributed by atoms with van der Waals surface area (Å²) in [4.78, 5) is 29.7. The van der Waals surface area contributed by atoms with Crippen molar-refractivity contribution in [2.75, 3.05) is 11.9 Å². The van der Waals surface area contributed by atoms with Gasteiger partial charge in [0, 0.05) is 10.9 Å². The second-order valence-electron chi connectivity index (χ2n) is 6.23. The van der Waals surface area contributed by atoms with E-state index in [2.05, 4.69) is 10.3 Å². The van der Waals surface area contributed by atoms with Crippen LogP contribution in [0.25, 0.3) is 0 Å². The molecule has 1 atom stereocenters. The highest BCUT2D eigenvalue weighted by Crippen LogP contribution is 2.27. The molecule has 0 fully saturated rings. The van der Waals surface area contributed by atoms with Crippen molar-refractivity contribution < 1.29 is 19.1 Å². The van der Waals surface area contributed by atoms with Crippen molar-refractivity contribution in [2.45, 2.75) is 26.4 Å². The summed E-state index contributed by atoms with van der Waals surface area (Å²) in [7, 11) is 0. The molecule has 0 saturated heterocycles. The van der Waals surface area contributed by atoms with Gasteiger partial charge in [-0.25, -0.2) is 4.98 Å². The number of benzene rings is 2. The van der Waals surface area contributed by atoms with Crippen molar-refractivity contribution in [2.24, 2.45) is 0 Å². The van der Waals surface area contributed by atoms with Crippen molar-refractivity contribution in [3.8, 4) is 5.75 Å². The van der Waals surface area contributed by atoms with Crippen LogP contribution in [0.4, 0.5) is 5.69 Å². The molecule has 1 amide bonds. The topological polar surface area (TPSA) is 77.5 Å². The summed E-state index contributed by atoms with van der Waals surface area (Å²) in [6, 6.07) is 16.1. The van der Waals surface area contributed by atoms with Gasteiger partial charge in [-0.2, -0.15) is 0 Å². The Morgan fingerprint density at radius 1 is 1.10 bits per heavy atom. The number of hydrogen-bond donors (Lipinski definition) is 1. The predicted octanol–water partition coefficient (Wildman–Crippen LogP) is 4.32. The molecule has 0 spiro atoms. The van der Waals surface area contributed by atoms with E-state index in [1.165, 1.54) is 11.3 Å². The van der Waals surface area contributed by atoms with Gasteiger partial charge in [-0.1, -0.05) is 42.5 Å². The minimum Gasteiger partial charge on any atom is -0.492 e. The smallest absolute Gasteiger partial charge is 0.313 e. The molecule has 1 unspecified atom stereocenters. The van der Waals surface area contributed by atoms with Crippen LogP contribution in [0.5, 0.6) is 5.75 Å². The van der Waals surface area contributed by atoms with Crippen LogP contribution in [0.15, 0.2) is 60.0 Å². The van der Waals surface area contributed by atoms with Crippen LogP contribution in [0, 0.1) is 6.92 Å². The second kappa shape index (κ2) is 9.84. The number of amides is 1. The molecule has 1 aromatic heterocycles. The first kappa shape index (κ1) is 20.5. The Morgan fingerprint density at radius 3 is 2.52 bits per heavy atom. The Hall–Kier alpha value is -3.19. The monoisotopic (exact) mass is 410 g/mol. The lowest BCUT2D eigenvalue weighted by molar-refractivity contribution is -0.154. The Kier molecular flexibility index (Phi) is 6.97. The maximum Gasteiger partial charge on any atom is 0.313 e. The van der Waals surface area contributed by atoms with Gasteiger partial charge in [-0.05, 0) is 26.0 Å². The number of ether oxygens (including phenoxy) is 2. The van der Waals surface area contributed by atoms with E-state index in [9.17, 15) is 9.59 Å². The second-order valence-corrected chi connectivity index (χ2v) is 7.30. The van der Waals surface area contributed by atoms with Crippen LogP contribution >= 0.6 is 11.3 Å². The normalized spacial score (nSPS) is 11.5. The number of carbonyl (C=O) groups is 2. The quantitative estimate of drug-likeness (QED) is 0.560. The lowest BCUT2D eigenvalue weighted by Gasteiger charge is -2.19. The predicted molar refractivity (Wildman–Crippen MR) is 112 cm³/mol. The molecule has 7 heteroatoms. The Morgan fingerprint density at radius 2 is 1.83 bits per heavy atom. The minimum absolute atomic E-state index is 0.0104. The van der Waals surface area contributed by atoms with Gasteiger partial charge in [0.15, 0.2) is 0 Å². The SMILES string of the molecule is CCOc1ccccc1NC(=O)C(OC(=O)Cc1csc(C)n1)c1ccccc1. The van der Waals surface area contributed by atoms with Gasteiger partial charge in [-0.15, -0.1) is 11.3 Å². The molecule has 0 aliphatic carbocycles. The van der Waals surface area contributed by atoms with Gasteiger partial charge in [0.2, 0.25) is 6.10 Å². The van der Waals surface area contributed by atoms with E-state index >= 15 is 0 Å². The molecule has 2 aromatic carbocycles. The molecular formula is C22H22N2O4S. The number of para-hydroxylation sites is 2. The van der Waals surface area contributed by atoms with E-state index in [1.807, 2.05) is 31.4 Å². The summed E-state index contributed by atoms with van der Waals surface area (Å²) >= 11 is 1.46. The summed E-state index contributed by atoms with van der Waals surface area (Å²) in [6.07, 6.45) is -1.07. The highest BCUT2D eigenvalue weighted by atomic mass is 32.1. The van der Waals surface area contributed by atoms with Crippen LogP contribution in [0.2, 0.25) is 0 Å². The van der Waals surface area contributed by atoms with E-state index in [1.54, 1.807) is 42.5 Å². The van der Waals surface area contributed by atoms with Gasteiger partial charge in [-0.3, -0.25) is 9.59 Å². The van der Waals surface area contributed by atoms with Crippen molar-refractivity contribution in [1.82, 2.24) is 4.98 Å². The van der Waals surface area contributed by atoms with E-state index in [-0.39, 0.29) is 6.42 Å². The van der Waals surface area contributed by atoms with Crippen molar-refractivity contribution >= 4 is 28.9 Å². The Labute approximate surface area is 173 Å². The summed E-state index contributed by atoms with van der Waals surface area (Å²) < 4.78 is 11.1. The fourth-order valence-corrected chi connectivity index (χ4v) is 3.37. The number of esters is 1. The summed E-state index contributed by atoms with van der Waals surface area (Å²) in [6.45, 7) is 4.21. The minimum atomic E-state index is -1.09. The number of rotatable bonds is 8. The number of anilines is 1. The molecule has 150 valence electrons. The van der Waals surface area contributed by atoms with Gasteiger partial charge >= 0.3 is 5.97 Å². The molecular weight excluding hydrogens is 388 g/mol. The number of nitrogens with zero attached hydrogens (tertiary/aromatic N) is 1. The lowest BCUT2D eigenvalue weighted by Crippen LogP contribution is -2.26. The van der Waals surface area contributed by atoms with Gasteiger partial charge < -0.3 is 14.8 Å². The number of carbonyl (C=O) groups excluding carboxylic acids is 2.